The standard InChI is InChI=1S/C24H30ClFN6O3/c1-3-35-17-10-18(34-2)20(26)21(19(17)25)31-12-13-11-28-23(29-15-6-4-14(27)5-7-15)30-22(13)32(24(31)33)16-8-9-16/h10-11,14-16H,3-9,12,27H2,1-2H3,(H,28,29,30). The number of aromatic nitrogens is 2. The van der Waals surface area contributed by atoms with Crippen LogP contribution >= 0.6 is 11.6 Å². The highest BCUT2D eigenvalue weighted by Gasteiger charge is 2.43. The summed E-state index contributed by atoms with van der Waals surface area (Å²) in [4.78, 5) is 25.9. The highest BCUT2D eigenvalue weighted by molar-refractivity contribution is 6.35. The Balaban J connectivity index is 1.50. The molecule has 1 aromatic heterocycles. The Morgan fingerprint density at radius 2 is 1.97 bits per heavy atom. The smallest absolute Gasteiger partial charge is 0.330 e. The van der Waals surface area contributed by atoms with Crippen molar-refractivity contribution in [2.75, 3.05) is 28.8 Å². The van der Waals surface area contributed by atoms with E-state index in [1.54, 1.807) is 18.0 Å². The van der Waals surface area contributed by atoms with E-state index < -0.39 is 5.82 Å². The number of rotatable bonds is 7. The normalized spacial score (nSPS) is 22.1. The number of hydrogen-bond donors (Lipinski definition) is 2. The summed E-state index contributed by atoms with van der Waals surface area (Å²) in [7, 11) is 1.36. The van der Waals surface area contributed by atoms with Gasteiger partial charge in [-0.1, -0.05) is 11.6 Å². The lowest BCUT2D eigenvalue weighted by atomic mass is 9.92. The average molecular weight is 505 g/mol. The molecule has 3 aliphatic rings. The fourth-order valence-electron chi connectivity index (χ4n) is 4.75. The molecule has 11 heteroatoms. The van der Waals surface area contributed by atoms with Crippen LogP contribution in [0.5, 0.6) is 11.5 Å². The third-order valence-corrected chi connectivity index (χ3v) is 7.12. The van der Waals surface area contributed by atoms with E-state index in [1.807, 2.05) is 0 Å². The molecule has 0 radical (unpaired) electrons. The van der Waals surface area contributed by atoms with Crippen LogP contribution in [0.3, 0.4) is 0 Å². The van der Waals surface area contributed by atoms with Gasteiger partial charge in [-0.2, -0.15) is 4.98 Å². The Hall–Kier alpha value is -2.85. The predicted octanol–water partition coefficient (Wildman–Crippen LogP) is 4.47. The van der Waals surface area contributed by atoms with Crippen LogP contribution in [-0.4, -0.2) is 47.8 Å². The quantitative estimate of drug-likeness (QED) is 0.573. The summed E-state index contributed by atoms with van der Waals surface area (Å²) in [5, 5.41) is 3.42. The number of carbonyl (C=O) groups is 1. The van der Waals surface area contributed by atoms with Crippen molar-refractivity contribution in [1.82, 2.24) is 9.97 Å². The van der Waals surface area contributed by atoms with Crippen LogP contribution in [-0.2, 0) is 6.54 Å². The molecule has 2 saturated carbocycles. The number of carbonyl (C=O) groups excluding carboxylic acids is 1. The molecule has 5 rings (SSSR count). The van der Waals surface area contributed by atoms with Crippen LogP contribution in [0.4, 0.5) is 26.6 Å². The Kier molecular flexibility index (Phi) is 6.59. The number of nitrogens with two attached hydrogens (primary N) is 1. The van der Waals surface area contributed by atoms with Crippen molar-refractivity contribution in [3.63, 3.8) is 0 Å². The van der Waals surface area contributed by atoms with E-state index in [9.17, 15) is 4.79 Å². The summed E-state index contributed by atoms with van der Waals surface area (Å²) in [5.41, 5.74) is 6.66. The predicted molar refractivity (Wildman–Crippen MR) is 132 cm³/mol. The second-order valence-electron chi connectivity index (χ2n) is 9.25. The molecule has 2 aliphatic carbocycles. The largest absolute Gasteiger partial charge is 0.493 e. The van der Waals surface area contributed by atoms with Gasteiger partial charge in [0.15, 0.2) is 11.6 Å². The second-order valence-corrected chi connectivity index (χ2v) is 9.63. The number of urea groups is 1. The molecule has 1 aromatic carbocycles. The summed E-state index contributed by atoms with van der Waals surface area (Å²) in [6.45, 7) is 2.20. The molecular weight excluding hydrogens is 475 g/mol. The first kappa shape index (κ1) is 23.9. The van der Waals surface area contributed by atoms with Crippen LogP contribution in [0.1, 0.15) is 51.0 Å². The van der Waals surface area contributed by atoms with Crippen LogP contribution in [0.15, 0.2) is 12.3 Å². The minimum atomic E-state index is -0.719. The number of nitrogens with zero attached hydrogens (tertiary/aromatic N) is 4. The van der Waals surface area contributed by atoms with Crippen molar-refractivity contribution in [2.24, 2.45) is 5.73 Å². The number of anilines is 3. The third kappa shape index (κ3) is 4.56. The van der Waals surface area contributed by atoms with Gasteiger partial charge in [-0.25, -0.2) is 14.2 Å². The van der Waals surface area contributed by atoms with Gasteiger partial charge in [0.05, 0.1) is 20.3 Å². The van der Waals surface area contributed by atoms with Crippen molar-refractivity contribution in [3.8, 4) is 11.5 Å². The van der Waals surface area contributed by atoms with Gasteiger partial charge in [0, 0.05) is 36.0 Å². The number of ether oxygens (including phenoxy) is 2. The highest BCUT2D eigenvalue weighted by atomic mass is 35.5. The molecule has 188 valence electrons. The minimum Gasteiger partial charge on any atom is -0.493 e. The Morgan fingerprint density at radius 1 is 1.23 bits per heavy atom. The van der Waals surface area contributed by atoms with E-state index in [4.69, 9.17) is 31.8 Å². The maximum atomic E-state index is 15.5. The van der Waals surface area contributed by atoms with Crippen LogP contribution in [0.2, 0.25) is 5.02 Å². The van der Waals surface area contributed by atoms with E-state index in [0.717, 1.165) is 38.5 Å². The number of fused-ring (bicyclic) bond motifs is 1. The number of halogens is 2. The molecule has 2 fully saturated rings. The van der Waals surface area contributed by atoms with E-state index >= 15 is 4.39 Å². The topological polar surface area (TPSA) is 106 Å². The van der Waals surface area contributed by atoms with Gasteiger partial charge in [-0.15, -0.1) is 0 Å². The lowest BCUT2D eigenvalue weighted by Gasteiger charge is -2.37. The summed E-state index contributed by atoms with van der Waals surface area (Å²) < 4.78 is 26.2. The average Bonchev–Trinajstić information content (AvgIpc) is 3.68. The zero-order valence-corrected chi connectivity index (χ0v) is 20.6. The number of methoxy groups -OCH3 is 1. The Morgan fingerprint density at radius 3 is 2.63 bits per heavy atom. The third-order valence-electron chi connectivity index (χ3n) is 6.75. The molecule has 0 bridgehead atoms. The van der Waals surface area contributed by atoms with Gasteiger partial charge >= 0.3 is 6.03 Å². The molecule has 1 aliphatic heterocycles. The van der Waals surface area contributed by atoms with Gasteiger partial charge in [-0.3, -0.25) is 9.80 Å². The second kappa shape index (κ2) is 9.66. The van der Waals surface area contributed by atoms with E-state index in [1.165, 1.54) is 18.1 Å². The molecule has 2 amide bonds. The molecule has 2 heterocycles. The van der Waals surface area contributed by atoms with Gasteiger partial charge in [0.25, 0.3) is 0 Å². The first-order chi connectivity index (χ1) is 16.9. The Bertz CT molecular complexity index is 1120. The van der Waals surface area contributed by atoms with Crippen molar-refractivity contribution in [3.05, 3.63) is 28.7 Å². The van der Waals surface area contributed by atoms with Crippen molar-refractivity contribution >= 4 is 35.1 Å². The molecule has 0 atom stereocenters. The first-order valence-corrected chi connectivity index (χ1v) is 12.5. The summed E-state index contributed by atoms with van der Waals surface area (Å²) >= 11 is 6.55. The Labute approximate surface area is 208 Å². The summed E-state index contributed by atoms with van der Waals surface area (Å²) in [6, 6.07) is 1.51. The SMILES string of the molecule is CCOc1cc(OC)c(F)c(N2Cc3cnc(NC4CCC(N)CC4)nc3N(C3CC3)C2=O)c1Cl. The number of nitrogens with one attached hydrogen (secondary N) is 1. The molecule has 0 spiro atoms. The maximum absolute atomic E-state index is 15.5. The summed E-state index contributed by atoms with van der Waals surface area (Å²) in [6.07, 6.45) is 7.23. The van der Waals surface area contributed by atoms with Gasteiger partial charge in [0.1, 0.15) is 22.3 Å². The minimum absolute atomic E-state index is 0.00159. The lowest BCUT2D eigenvalue weighted by Crippen LogP contribution is -2.49. The zero-order valence-electron chi connectivity index (χ0n) is 19.9. The van der Waals surface area contributed by atoms with E-state index in [-0.39, 0.29) is 52.9 Å². The van der Waals surface area contributed by atoms with Crippen LogP contribution < -0.4 is 30.3 Å². The van der Waals surface area contributed by atoms with Gasteiger partial charge < -0.3 is 20.5 Å². The molecule has 0 unspecified atom stereocenters. The molecule has 2 aromatic rings. The molecule has 35 heavy (non-hydrogen) atoms. The fraction of sp³-hybridized carbons (Fsp3) is 0.542. The first-order valence-electron chi connectivity index (χ1n) is 12.1. The van der Waals surface area contributed by atoms with Crippen molar-refractivity contribution in [1.29, 1.82) is 0 Å². The molecule has 3 N–H and O–H groups in total. The number of amides is 2. The highest BCUT2D eigenvalue weighted by Crippen LogP contribution is 2.46. The van der Waals surface area contributed by atoms with E-state index in [2.05, 4.69) is 10.3 Å². The number of benzene rings is 1. The van der Waals surface area contributed by atoms with Crippen molar-refractivity contribution < 1.29 is 18.7 Å². The lowest BCUT2D eigenvalue weighted by molar-refractivity contribution is 0.249. The summed E-state index contributed by atoms with van der Waals surface area (Å²) in [5.74, 6) is 0.529. The zero-order chi connectivity index (χ0) is 24.7. The van der Waals surface area contributed by atoms with Crippen molar-refractivity contribution in [2.45, 2.75) is 70.1 Å². The maximum Gasteiger partial charge on any atom is 0.330 e. The molecule has 9 nitrogen and oxygen atoms in total. The monoisotopic (exact) mass is 504 g/mol. The van der Waals surface area contributed by atoms with E-state index in [0.29, 0.717) is 23.9 Å². The molecular formula is C24H30ClFN6O3. The van der Waals surface area contributed by atoms with Crippen LogP contribution in [0.25, 0.3) is 0 Å². The molecule has 0 saturated heterocycles. The van der Waals surface area contributed by atoms with Gasteiger partial charge in [-0.05, 0) is 45.4 Å². The van der Waals surface area contributed by atoms with Gasteiger partial charge in [0.2, 0.25) is 5.95 Å². The number of hydrogen-bond acceptors (Lipinski definition) is 7. The van der Waals surface area contributed by atoms with Crippen LogP contribution in [0, 0.1) is 5.82 Å². The fourth-order valence-corrected chi connectivity index (χ4v) is 5.04.